The summed E-state index contributed by atoms with van der Waals surface area (Å²) in [4.78, 5) is 23.0. The number of ether oxygens (including phenoxy) is 1. The fraction of sp³-hybridized carbons (Fsp3) is 0.833. The maximum Gasteiger partial charge on any atom is 0.309 e. The molecule has 0 saturated heterocycles. The molecule has 86 valence electrons. The molecule has 1 aliphatic carbocycles. The topological polar surface area (TPSA) is 43.4 Å². The fourth-order valence-electron chi connectivity index (χ4n) is 1.93. The molecule has 0 aromatic carbocycles. The van der Waals surface area contributed by atoms with E-state index in [4.69, 9.17) is 4.74 Å². The number of hydrogen-bond acceptors (Lipinski definition) is 3. The van der Waals surface area contributed by atoms with Crippen LogP contribution in [0.4, 0.5) is 0 Å². The van der Waals surface area contributed by atoms with Gasteiger partial charge in [-0.25, -0.2) is 0 Å². The van der Waals surface area contributed by atoms with Gasteiger partial charge in [0, 0.05) is 12.8 Å². The second-order valence-electron chi connectivity index (χ2n) is 5.40. The third-order valence-corrected chi connectivity index (χ3v) is 2.68. The Bertz CT molecular complexity index is 263. The van der Waals surface area contributed by atoms with Gasteiger partial charge in [-0.05, 0) is 33.1 Å². The summed E-state index contributed by atoms with van der Waals surface area (Å²) in [5.74, 6) is 0.146. The van der Waals surface area contributed by atoms with Crippen molar-refractivity contribution in [3.8, 4) is 0 Å². The molecule has 0 spiro atoms. The van der Waals surface area contributed by atoms with Crippen LogP contribution in [0.5, 0.6) is 0 Å². The molecule has 1 aliphatic rings. The Kier molecular flexibility index (Phi) is 3.53. The van der Waals surface area contributed by atoms with Crippen molar-refractivity contribution in [3.63, 3.8) is 0 Å². The van der Waals surface area contributed by atoms with E-state index in [1.807, 2.05) is 27.7 Å². The van der Waals surface area contributed by atoms with Gasteiger partial charge in [-0.3, -0.25) is 9.59 Å². The van der Waals surface area contributed by atoms with E-state index in [0.29, 0.717) is 19.3 Å². The zero-order chi connectivity index (χ0) is 11.6. The molecule has 1 rings (SSSR count). The summed E-state index contributed by atoms with van der Waals surface area (Å²) in [5.41, 5.74) is -0.432. The lowest BCUT2D eigenvalue weighted by Gasteiger charge is -2.29. The van der Waals surface area contributed by atoms with E-state index < -0.39 is 5.60 Å². The zero-order valence-electron chi connectivity index (χ0n) is 10.0. The normalized spacial score (nSPS) is 27.6. The van der Waals surface area contributed by atoms with Crippen LogP contribution >= 0.6 is 0 Å². The quantitative estimate of drug-likeness (QED) is 0.626. The van der Waals surface area contributed by atoms with E-state index in [2.05, 4.69) is 0 Å². The minimum Gasteiger partial charge on any atom is -0.460 e. The Morgan fingerprint density at radius 3 is 2.47 bits per heavy atom. The highest BCUT2D eigenvalue weighted by molar-refractivity contribution is 5.83. The summed E-state index contributed by atoms with van der Waals surface area (Å²) < 4.78 is 5.33. The molecule has 3 nitrogen and oxygen atoms in total. The number of ketones is 1. The summed E-state index contributed by atoms with van der Waals surface area (Å²) in [6.45, 7) is 7.54. The Morgan fingerprint density at radius 2 is 2.00 bits per heavy atom. The van der Waals surface area contributed by atoms with Crippen molar-refractivity contribution in [1.29, 1.82) is 0 Å². The second kappa shape index (κ2) is 4.33. The molecule has 0 aromatic rings. The van der Waals surface area contributed by atoms with Crippen LogP contribution in [0.15, 0.2) is 0 Å². The van der Waals surface area contributed by atoms with Crippen LogP contribution in [0.2, 0.25) is 0 Å². The number of hydrogen-bond donors (Lipinski definition) is 0. The molecule has 15 heavy (non-hydrogen) atoms. The Balaban J connectivity index is 2.56. The summed E-state index contributed by atoms with van der Waals surface area (Å²) in [7, 11) is 0. The van der Waals surface area contributed by atoms with Crippen LogP contribution < -0.4 is 0 Å². The Hall–Kier alpha value is -0.860. The molecule has 0 amide bonds. The van der Waals surface area contributed by atoms with Crippen LogP contribution in [-0.4, -0.2) is 17.4 Å². The zero-order valence-corrected chi connectivity index (χ0v) is 10.0. The van der Waals surface area contributed by atoms with E-state index in [-0.39, 0.29) is 23.6 Å². The van der Waals surface area contributed by atoms with Crippen LogP contribution in [0.3, 0.4) is 0 Å². The maximum atomic E-state index is 11.8. The first-order valence-corrected chi connectivity index (χ1v) is 5.54. The first-order chi connectivity index (χ1) is 6.79. The third kappa shape index (κ3) is 3.65. The van der Waals surface area contributed by atoms with E-state index >= 15 is 0 Å². The summed E-state index contributed by atoms with van der Waals surface area (Å²) >= 11 is 0. The maximum absolute atomic E-state index is 11.8. The van der Waals surface area contributed by atoms with E-state index in [9.17, 15) is 9.59 Å². The largest absolute Gasteiger partial charge is 0.460 e. The van der Waals surface area contributed by atoms with Gasteiger partial charge in [-0.1, -0.05) is 6.92 Å². The first-order valence-electron chi connectivity index (χ1n) is 5.54. The predicted molar refractivity (Wildman–Crippen MR) is 57.4 cm³/mol. The monoisotopic (exact) mass is 212 g/mol. The fourth-order valence-corrected chi connectivity index (χ4v) is 1.93. The lowest BCUT2D eigenvalue weighted by Crippen LogP contribution is -2.35. The van der Waals surface area contributed by atoms with Crippen molar-refractivity contribution in [3.05, 3.63) is 0 Å². The van der Waals surface area contributed by atoms with Gasteiger partial charge < -0.3 is 4.74 Å². The van der Waals surface area contributed by atoms with Gasteiger partial charge in [0.05, 0.1) is 5.92 Å². The van der Waals surface area contributed by atoms with Crippen molar-refractivity contribution >= 4 is 11.8 Å². The van der Waals surface area contributed by atoms with Crippen molar-refractivity contribution in [2.75, 3.05) is 0 Å². The molecule has 0 bridgehead atoms. The summed E-state index contributed by atoms with van der Waals surface area (Å²) in [5, 5.41) is 0. The molecule has 3 heteroatoms. The molecular formula is C12H20O3. The lowest BCUT2D eigenvalue weighted by molar-refractivity contribution is -0.163. The minimum absolute atomic E-state index is 0.0954. The lowest BCUT2D eigenvalue weighted by atomic mass is 9.80. The number of esters is 1. The predicted octanol–water partition coefficient (Wildman–Crippen LogP) is 2.33. The minimum atomic E-state index is -0.432. The highest BCUT2D eigenvalue weighted by atomic mass is 16.6. The van der Waals surface area contributed by atoms with Crippen LogP contribution in [-0.2, 0) is 14.3 Å². The summed E-state index contributed by atoms with van der Waals surface area (Å²) in [6.07, 6.45) is 1.69. The molecule has 0 heterocycles. The van der Waals surface area contributed by atoms with Crippen molar-refractivity contribution in [1.82, 2.24) is 0 Å². The van der Waals surface area contributed by atoms with Gasteiger partial charge in [0.2, 0.25) is 0 Å². The average molecular weight is 212 g/mol. The average Bonchev–Trinajstić information content (AvgIpc) is 1.99. The van der Waals surface area contributed by atoms with Crippen LogP contribution in [0.1, 0.15) is 47.0 Å². The Labute approximate surface area is 91.2 Å². The van der Waals surface area contributed by atoms with Gasteiger partial charge in [-0.2, -0.15) is 0 Å². The van der Waals surface area contributed by atoms with Crippen LogP contribution in [0.25, 0.3) is 0 Å². The smallest absolute Gasteiger partial charge is 0.309 e. The third-order valence-electron chi connectivity index (χ3n) is 2.68. The van der Waals surface area contributed by atoms with E-state index in [0.717, 1.165) is 0 Å². The highest BCUT2D eigenvalue weighted by Gasteiger charge is 2.34. The summed E-state index contributed by atoms with van der Waals surface area (Å²) in [6, 6.07) is 0. The number of rotatable bonds is 1. The standard InChI is InChI=1S/C12H20O3/c1-8-7-9(13)5-6-10(8)11(14)15-12(2,3)4/h8,10H,5-7H2,1-4H3/t8?,10-/m1/s1. The van der Waals surface area contributed by atoms with E-state index in [1.54, 1.807) is 0 Å². The molecule has 0 N–H and O–H groups in total. The first kappa shape index (κ1) is 12.2. The van der Waals surface area contributed by atoms with Crippen molar-refractivity contribution in [2.45, 2.75) is 52.6 Å². The molecule has 1 fully saturated rings. The SMILES string of the molecule is CC1CC(=O)CC[C@H]1C(=O)OC(C)(C)C. The van der Waals surface area contributed by atoms with Crippen LogP contribution in [0, 0.1) is 11.8 Å². The van der Waals surface area contributed by atoms with Crippen molar-refractivity contribution < 1.29 is 14.3 Å². The molecule has 0 radical (unpaired) electrons. The molecular weight excluding hydrogens is 192 g/mol. The van der Waals surface area contributed by atoms with Gasteiger partial charge in [-0.15, -0.1) is 0 Å². The van der Waals surface area contributed by atoms with Gasteiger partial charge in [0.25, 0.3) is 0 Å². The number of Topliss-reactive ketones (excluding diaryl/α,β-unsaturated/α-hetero) is 1. The van der Waals surface area contributed by atoms with Crippen molar-refractivity contribution in [2.24, 2.45) is 11.8 Å². The highest BCUT2D eigenvalue weighted by Crippen LogP contribution is 2.29. The second-order valence-corrected chi connectivity index (χ2v) is 5.40. The number of carbonyl (C=O) groups excluding carboxylic acids is 2. The van der Waals surface area contributed by atoms with Gasteiger partial charge in [0.15, 0.2) is 0 Å². The van der Waals surface area contributed by atoms with Gasteiger partial charge in [0.1, 0.15) is 11.4 Å². The Morgan fingerprint density at radius 1 is 1.40 bits per heavy atom. The molecule has 0 aliphatic heterocycles. The molecule has 1 saturated carbocycles. The molecule has 0 aromatic heterocycles. The number of carbonyl (C=O) groups is 2. The molecule has 2 atom stereocenters. The molecule has 1 unspecified atom stereocenters. The van der Waals surface area contributed by atoms with E-state index in [1.165, 1.54) is 0 Å². The van der Waals surface area contributed by atoms with Gasteiger partial charge >= 0.3 is 5.97 Å².